The van der Waals surface area contributed by atoms with Gasteiger partial charge < -0.3 is 9.84 Å². The number of aromatic hydroxyl groups is 1. The molecule has 1 rings (SSSR count). The van der Waals surface area contributed by atoms with Crippen molar-refractivity contribution in [3.8, 4) is 5.75 Å². The van der Waals surface area contributed by atoms with Crippen LogP contribution in [0, 0.1) is 13.8 Å². The molecule has 1 N–H and O–H groups in total. The summed E-state index contributed by atoms with van der Waals surface area (Å²) in [7, 11) is 0. The first-order valence-electron chi connectivity index (χ1n) is 7.93. The summed E-state index contributed by atoms with van der Waals surface area (Å²) in [6, 6.07) is 3.39. The van der Waals surface area contributed by atoms with Crippen LogP contribution in [0.25, 0.3) is 0 Å². The molecule has 1 aromatic carbocycles. The summed E-state index contributed by atoms with van der Waals surface area (Å²) >= 11 is 0. The first-order chi connectivity index (χ1) is 10.7. The highest BCUT2D eigenvalue weighted by Crippen LogP contribution is 2.24. The van der Waals surface area contributed by atoms with Gasteiger partial charge in [0.1, 0.15) is 12.4 Å². The molecule has 0 heterocycles. The third-order valence-corrected chi connectivity index (χ3v) is 3.97. The van der Waals surface area contributed by atoms with Crippen LogP contribution < -0.4 is 0 Å². The number of hydrogen-bond donors (Lipinski definition) is 1. The summed E-state index contributed by atoms with van der Waals surface area (Å²) in [6.45, 7) is 13.5. The fraction of sp³-hybridized carbons (Fsp3) is 0.450. The van der Waals surface area contributed by atoms with Crippen LogP contribution in [-0.2, 0) is 4.74 Å². The molecule has 0 aliphatic heterocycles. The van der Waals surface area contributed by atoms with Gasteiger partial charge in [-0.1, -0.05) is 17.7 Å². The molecule has 1 unspecified atom stereocenters. The summed E-state index contributed by atoms with van der Waals surface area (Å²) in [6.07, 6.45) is 5.57. The van der Waals surface area contributed by atoms with Gasteiger partial charge >= 0.3 is 0 Å². The zero-order valence-electron chi connectivity index (χ0n) is 14.9. The SMILES string of the molecule is C=CC(C)(CCC=C(C)C)OCC(=O)c1cc(C)c(O)c(C)c1. The van der Waals surface area contributed by atoms with Crippen LogP contribution >= 0.6 is 0 Å². The summed E-state index contributed by atoms with van der Waals surface area (Å²) in [4.78, 5) is 12.4. The average Bonchev–Trinajstić information content (AvgIpc) is 2.49. The van der Waals surface area contributed by atoms with Gasteiger partial charge in [0.05, 0.1) is 5.60 Å². The lowest BCUT2D eigenvalue weighted by atomic mass is 9.98. The number of phenols is 1. The molecular formula is C20H28O3. The summed E-state index contributed by atoms with van der Waals surface area (Å²) in [5.41, 5.74) is 2.70. The third-order valence-electron chi connectivity index (χ3n) is 3.97. The molecule has 1 atom stereocenters. The maximum Gasteiger partial charge on any atom is 0.188 e. The number of ketones is 1. The molecule has 23 heavy (non-hydrogen) atoms. The Balaban J connectivity index is 2.73. The minimum atomic E-state index is -0.525. The minimum Gasteiger partial charge on any atom is -0.507 e. The van der Waals surface area contributed by atoms with Crippen molar-refractivity contribution in [2.45, 2.75) is 53.1 Å². The van der Waals surface area contributed by atoms with E-state index < -0.39 is 5.60 Å². The van der Waals surface area contributed by atoms with Crippen LogP contribution in [0.5, 0.6) is 5.75 Å². The van der Waals surface area contributed by atoms with Gasteiger partial charge in [0.2, 0.25) is 0 Å². The number of ether oxygens (including phenoxy) is 1. The minimum absolute atomic E-state index is 0.000989. The van der Waals surface area contributed by atoms with Gasteiger partial charge in [-0.3, -0.25) is 4.79 Å². The lowest BCUT2D eigenvalue weighted by molar-refractivity contribution is 0.00576. The summed E-state index contributed by atoms with van der Waals surface area (Å²) < 4.78 is 5.83. The van der Waals surface area contributed by atoms with Crippen molar-refractivity contribution in [2.75, 3.05) is 6.61 Å². The Bertz CT molecular complexity index is 586. The van der Waals surface area contributed by atoms with E-state index >= 15 is 0 Å². The van der Waals surface area contributed by atoms with Crippen LogP contribution in [0.15, 0.2) is 36.4 Å². The van der Waals surface area contributed by atoms with Crippen molar-refractivity contribution in [1.29, 1.82) is 0 Å². The normalized spacial score (nSPS) is 13.3. The Morgan fingerprint density at radius 1 is 1.30 bits per heavy atom. The number of allylic oxidation sites excluding steroid dienone is 2. The van der Waals surface area contributed by atoms with Crippen molar-refractivity contribution >= 4 is 5.78 Å². The van der Waals surface area contributed by atoms with E-state index in [1.807, 2.05) is 6.92 Å². The van der Waals surface area contributed by atoms with Gasteiger partial charge in [0.15, 0.2) is 5.78 Å². The van der Waals surface area contributed by atoms with E-state index in [0.29, 0.717) is 16.7 Å². The number of carbonyl (C=O) groups is 1. The van der Waals surface area contributed by atoms with Gasteiger partial charge in [0, 0.05) is 5.56 Å². The zero-order chi connectivity index (χ0) is 17.6. The monoisotopic (exact) mass is 316 g/mol. The predicted octanol–water partition coefficient (Wildman–Crippen LogP) is 4.90. The molecule has 0 bridgehead atoms. The largest absolute Gasteiger partial charge is 0.507 e. The maximum atomic E-state index is 12.4. The molecule has 0 fully saturated rings. The Hall–Kier alpha value is -1.87. The third kappa shape index (κ3) is 5.68. The van der Waals surface area contributed by atoms with Crippen LogP contribution in [0.1, 0.15) is 55.1 Å². The number of carbonyl (C=O) groups excluding carboxylic acids is 1. The Morgan fingerprint density at radius 2 is 1.87 bits per heavy atom. The van der Waals surface area contributed by atoms with Crippen LogP contribution in [0.4, 0.5) is 0 Å². The second-order valence-corrected chi connectivity index (χ2v) is 6.51. The van der Waals surface area contributed by atoms with Crippen LogP contribution in [-0.4, -0.2) is 23.1 Å². The first-order valence-corrected chi connectivity index (χ1v) is 7.93. The lowest BCUT2D eigenvalue weighted by Gasteiger charge is -2.25. The van der Waals surface area contributed by atoms with E-state index in [4.69, 9.17) is 4.74 Å². The van der Waals surface area contributed by atoms with Crippen molar-refractivity contribution < 1.29 is 14.6 Å². The average molecular weight is 316 g/mol. The maximum absolute atomic E-state index is 12.4. The van der Waals surface area contributed by atoms with Gasteiger partial charge in [-0.15, -0.1) is 6.58 Å². The van der Waals surface area contributed by atoms with Crippen molar-refractivity contribution in [3.63, 3.8) is 0 Å². The highest BCUT2D eigenvalue weighted by molar-refractivity contribution is 5.97. The number of Topliss-reactive ketones (excluding diaryl/α,β-unsaturated/α-hetero) is 1. The van der Waals surface area contributed by atoms with E-state index in [2.05, 4.69) is 26.5 Å². The fourth-order valence-electron chi connectivity index (χ4n) is 2.31. The van der Waals surface area contributed by atoms with Crippen LogP contribution in [0.2, 0.25) is 0 Å². The number of aryl methyl sites for hydroxylation is 2. The smallest absolute Gasteiger partial charge is 0.188 e. The number of benzene rings is 1. The highest BCUT2D eigenvalue weighted by atomic mass is 16.5. The van der Waals surface area contributed by atoms with Gasteiger partial charge in [-0.2, -0.15) is 0 Å². The topological polar surface area (TPSA) is 46.5 Å². The summed E-state index contributed by atoms with van der Waals surface area (Å²) in [5.74, 6) is 0.145. The fourth-order valence-corrected chi connectivity index (χ4v) is 2.31. The number of rotatable bonds is 8. The Morgan fingerprint density at radius 3 is 2.35 bits per heavy atom. The number of phenolic OH excluding ortho intramolecular Hbond substituents is 1. The standard InChI is InChI=1S/C20H28O3/c1-7-20(6,10-8-9-14(2)3)23-13-18(21)17-11-15(4)19(22)16(5)12-17/h7,9,11-12,22H,1,8,10,13H2,2-6H3. The van der Waals surface area contributed by atoms with Gasteiger partial charge in [0.25, 0.3) is 0 Å². The van der Waals surface area contributed by atoms with Gasteiger partial charge in [-0.25, -0.2) is 0 Å². The van der Waals surface area contributed by atoms with E-state index in [9.17, 15) is 9.90 Å². The lowest BCUT2D eigenvalue weighted by Crippen LogP contribution is -2.28. The van der Waals surface area contributed by atoms with Crippen molar-refractivity contribution in [3.05, 3.63) is 53.1 Å². The molecule has 0 spiro atoms. The highest BCUT2D eigenvalue weighted by Gasteiger charge is 2.22. The molecule has 0 radical (unpaired) electrons. The Labute approximate surface area is 139 Å². The Kier molecular flexibility index (Phi) is 6.77. The second-order valence-electron chi connectivity index (χ2n) is 6.51. The summed E-state index contributed by atoms with van der Waals surface area (Å²) in [5, 5.41) is 9.79. The van der Waals surface area contributed by atoms with Gasteiger partial charge in [-0.05, 0) is 70.7 Å². The van der Waals surface area contributed by atoms with Crippen LogP contribution in [0.3, 0.4) is 0 Å². The second kappa shape index (κ2) is 8.11. The van der Waals surface area contributed by atoms with E-state index in [0.717, 1.165) is 12.8 Å². The molecule has 0 aliphatic carbocycles. The number of hydrogen-bond acceptors (Lipinski definition) is 3. The van der Waals surface area contributed by atoms with E-state index in [-0.39, 0.29) is 18.1 Å². The molecule has 0 amide bonds. The molecule has 1 aromatic rings. The molecule has 126 valence electrons. The predicted molar refractivity (Wildman–Crippen MR) is 95.1 cm³/mol. The first kappa shape index (κ1) is 19.2. The molecule has 0 aromatic heterocycles. The zero-order valence-corrected chi connectivity index (χ0v) is 14.9. The molecular weight excluding hydrogens is 288 g/mol. The molecule has 0 saturated heterocycles. The van der Waals surface area contributed by atoms with Crippen molar-refractivity contribution in [2.24, 2.45) is 0 Å². The molecule has 0 saturated carbocycles. The molecule has 3 heteroatoms. The van der Waals surface area contributed by atoms with E-state index in [1.54, 1.807) is 32.1 Å². The van der Waals surface area contributed by atoms with E-state index in [1.165, 1.54) is 5.57 Å². The molecule has 3 nitrogen and oxygen atoms in total. The quantitative estimate of drug-likeness (QED) is 0.548. The molecule has 0 aliphatic rings. The van der Waals surface area contributed by atoms with Crippen molar-refractivity contribution in [1.82, 2.24) is 0 Å².